The Bertz CT molecular complexity index is 893. The Morgan fingerprint density at radius 2 is 2.15 bits per heavy atom. The Labute approximate surface area is 159 Å². The summed E-state index contributed by atoms with van der Waals surface area (Å²) in [6.07, 6.45) is 6.60. The predicted octanol–water partition coefficient (Wildman–Crippen LogP) is 5.60. The van der Waals surface area contributed by atoms with Gasteiger partial charge in [0.1, 0.15) is 5.75 Å². The highest BCUT2D eigenvalue weighted by Gasteiger charge is 2.38. The zero-order chi connectivity index (χ0) is 19.0. The number of fused-ring (bicyclic) bond motifs is 3. The molecule has 1 heterocycles. The molecule has 2 aliphatic rings. The van der Waals surface area contributed by atoms with Crippen molar-refractivity contribution in [3.05, 3.63) is 75.9 Å². The first kappa shape index (κ1) is 17.6. The standard InChI is InChI=1S/C22H24N2O3/c1-3-14(2)27-17-10-11-21-20(13-17)18-8-5-9-19(18)22(23-21)15-6-4-7-16(12-15)24(25)26/h4-8,10-14,18-19,22-23H,3,9H2,1-2H3. The lowest BCUT2D eigenvalue weighted by molar-refractivity contribution is -0.384. The highest BCUT2D eigenvalue weighted by molar-refractivity contribution is 5.62. The van der Waals surface area contributed by atoms with Gasteiger partial charge in [0, 0.05) is 23.7 Å². The SMILES string of the molecule is CCC(C)Oc1ccc2c(c1)C1C=CCC1C(c1cccc([N+](=O)[O-])c1)N2. The van der Waals surface area contributed by atoms with Crippen molar-refractivity contribution in [2.45, 2.75) is 44.8 Å². The highest BCUT2D eigenvalue weighted by atomic mass is 16.6. The maximum atomic E-state index is 11.2. The lowest BCUT2D eigenvalue weighted by atomic mass is 9.77. The fourth-order valence-electron chi connectivity index (χ4n) is 4.12. The summed E-state index contributed by atoms with van der Waals surface area (Å²) < 4.78 is 6.00. The van der Waals surface area contributed by atoms with Gasteiger partial charge in [-0.25, -0.2) is 0 Å². The second-order valence-electron chi connectivity index (χ2n) is 7.41. The molecule has 1 N–H and O–H groups in total. The van der Waals surface area contributed by atoms with Gasteiger partial charge in [-0.2, -0.15) is 0 Å². The third-order valence-electron chi connectivity index (χ3n) is 5.69. The number of nitro groups is 1. The molecule has 1 aliphatic carbocycles. The van der Waals surface area contributed by atoms with Gasteiger partial charge in [0.2, 0.25) is 0 Å². The normalized spacial score (nSPS) is 23.9. The van der Waals surface area contributed by atoms with Crippen LogP contribution < -0.4 is 10.1 Å². The third kappa shape index (κ3) is 3.29. The topological polar surface area (TPSA) is 64.4 Å². The van der Waals surface area contributed by atoms with Crippen LogP contribution in [0, 0.1) is 16.0 Å². The summed E-state index contributed by atoms with van der Waals surface area (Å²) in [7, 11) is 0. The number of hydrogen-bond donors (Lipinski definition) is 1. The average Bonchev–Trinajstić information content (AvgIpc) is 3.17. The van der Waals surface area contributed by atoms with Crippen LogP contribution in [-0.4, -0.2) is 11.0 Å². The number of nitro benzene ring substituents is 1. The molecule has 0 radical (unpaired) electrons. The Morgan fingerprint density at radius 3 is 2.93 bits per heavy atom. The zero-order valence-corrected chi connectivity index (χ0v) is 15.6. The van der Waals surface area contributed by atoms with E-state index in [0.29, 0.717) is 11.8 Å². The van der Waals surface area contributed by atoms with E-state index in [9.17, 15) is 10.1 Å². The van der Waals surface area contributed by atoms with Crippen molar-refractivity contribution in [2.24, 2.45) is 5.92 Å². The molecule has 4 unspecified atom stereocenters. The van der Waals surface area contributed by atoms with Crippen molar-refractivity contribution in [1.29, 1.82) is 0 Å². The lowest BCUT2D eigenvalue weighted by Crippen LogP contribution is -2.29. The Morgan fingerprint density at radius 1 is 1.30 bits per heavy atom. The summed E-state index contributed by atoms with van der Waals surface area (Å²) in [6, 6.07) is 13.3. The molecule has 0 bridgehead atoms. The number of nitrogens with zero attached hydrogens (tertiary/aromatic N) is 1. The number of anilines is 1. The van der Waals surface area contributed by atoms with E-state index in [1.165, 1.54) is 5.56 Å². The van der Waals surface area contributed by atoms with Crippen molar-refractivity contribution in [2.75, 3.05) is 5.32 Å². The quantitative estimate of drug-likeness (QED) is 0.426. The molecule has 0 saturated heterocycles. The number of hydrogen-bond acceptors (Lipinski definition) is 4. The maximum Gasteiger partial charge on any atom is 0.269 e. The minimum absolute atomic E-state index is 0.0544. The number of ether oxygens (including phenoxy) is 1. The summed E-state index contributed by atoms with van der Waals surface area (Å²) >= 11 is 0. The van der Waals surface area contributed by atoms with Crippen LogP contribution in [0.4, 0.5) is 11.4 Å². The van der Waals surface area contributed by atoms with Gasteiger partial charge >= 0.3 is 0 Å². The molecular weight excluding hydrogens is 340 g/mol. The van der Waals surface area contributed by atoms with E-state index >= 15 is 0 Å². The molecule has 27 heavy (non-hydrogen) atoms. The van der Waals surface area contributed by atoms with Crippen LogP contribution in [0.3, 0.4) is 0 Å². The number of nitrogens with one attached hydrogen (secondary N) is 1. The van der Waals surface area contributed by atoms with Crippen LogP contribution in [0.25, 0.3) is 0 Å². The van der Waals surface area contributed by atoms with E-state index in [4.69, 9.17) is 4.74 Å². The number of benzene rings is 2. The molecular formula is C22H24N2O3. The fraction of sp³-hybridized carbons (Fsp3) is 0.364. The van der Waals surface area contributed by atoms with Gasteiger partial charge in [0.15, 0.2) is 0 Å². The Kier molecular flexibility index (Phi) is 4.60. The van der Waals surface area contributed by atoms with E-state index < -0.39 is 0 Å². The predicted molar refractivity (Wildman–Crippen MR) is 106 cm³/mol. The number of allylic oxidation sites excluding steroid dienone is 2. The lowest BCUT2D eigenvalue weighted by Gasteiger charge is -2.37. The Hall–Kier alpha value is -2.82. The second-order valence-corrected chi connectivity index (χ2v) is 7.41. The Balaban J connectivity index is 1.68. The zero-order valence-electron chi connectivity index (χ0n) is 15.6. The van der Waals surface area contributed by atoms with Crippen molar-refractivity contribution in [3.63, 3.8) is 0 Å². The molecule has 0 saturated carbocycles. The van der Waals surface area contributed by atoms with Crippen molar-refractivity contribution < 1.29 is 9.66 Å². The van der Waals surface area contributed by atoms with Crippen LogP contribution in [0.2, 0.25) is 0 Å². The van der Waals surface area contributed by atoms with Crippen molar-refractivity contribution in [3.8, 4) is 5.75 Å². The van der Waals surface area contributed by atoms with E-state index in [1.807, 2.05) is 12.1 Å². The first-order valence-corrected chi connectivity index (χ1v) is 9.55. The van der Waals surface area contributed by atoms with Crippen LogP contribution >= 0.6 is 0 Å². The minimum Gasteiger partial charge on any atom is -0.491 e. The number of non-ortho nitro benzene ring substituents is 1. The van der Waals surface area contributed by atoms with Gasteiger partial charge in [-0.15, -0.1) is 0 Å². The van der Waals surface area contributed by atoms with Crippen molar-refractivity contribution >= 4 is 11.4 Å². The molecule has 0 amide bonds. The molecule has 4 atom stereocenters. The van der Waals surface area contributed by atoms with Gasteiger partial charge in [0.05, 0.1) is 17.1 Å². The molecule has 4 rings (SSSR count). The first-order chi connectivity index (χ1) is 13.1. The average molecular weight is 364 g/mol. The van der Waals surface area contributed by atoms with Gasteiger partial charge < -0.3 is 10.1 Å². The third-order valence-corrected chi connectivity index (χ3v) is 5.69. The molecule has 2 aromatic rings. The molecule has 2 aromatic carbocycles. The molecule has 1 aliphatic heterocycles. The maximum absolute atomic E-state index is 11.2. The van der Waals surface area contributed by atoms with Gasteiger partial charge in [-0.05, 0) is 55.0 Å². The summed E-state index contributed by atoms with van der Waals surface area (Å²) in [5, 5.41) is 14.8. The summed E-state index contributed by atoms with van der Waals surface area (Å²) in [4.78, 5) is 10.8. The van der Waals surface area contributed by atoms with E-state index in [0.717, 1.165) is 29.8 Å². The van der Waals surface area contributed by atoms with Gasteiger partial charge in [-0.3, -0.25) is 10.1 Å². The highest BCUT2D eigenvalue weighted by Crippen LogP contribution is 2.50. The second kappa shape index (κ2) is 7.06. The van der Waals surface area contributed by atoms with Crippen LogP contribution in [-0.2, 0) is 0 Å². The van der Waals surface area contributed by atoms with Gasteiger partial charge in [0.25, 0.3) is 5.69 Å². The largest absolute Gasteiger partial charge is 0.491 e. The summed E-state index contributed by atoms with van der Waals surface area (Å²) in [5.41, 5.74) is 3.43. The van der Waals surface area contributed by atoms with E-state index in [2.05, 4.69) is 43.4 Å². The van der Waals surface area contributed by atoms with E-state index in [1.54, 1.807) is 18.2 Å². The fourth-order valence-corrected chi connectivity index (χ4v) is 4.12. The molecule has 5 nitrogen and oxygen atoms in total. The smallest absolute Gasteiger partial charge is 0.269 e. The summed E-state index contributed by atoms with van der Waals surface area (Å²) in [5.74, 6) is 1.54. The van der Waals surface area contributed by atoms with Crippen LogP contribution in [0.5, 0.6) is 5.75 Å². The van der Waals surface area contributed by atoms with Gasteiger partial charge in [-0.1, -0.05) is 31.2 Å². The molecule has 0 fully saturated rings. The molecule has 0 aromatic heterocycles. The number of rotatable bonds is 5. The molecule has 140 valence electrons. The van der Waals surface area contributed by atoms with Crippen molar-refractivity contribution in [1.82, 2.24) is 0 Å². The molecule has 0 spiro atoms. The van der Waals surface area contributed by atoms with Crippen LogP contribution in [0.15, 0.2) is 54.6 Å². The minimum atomic E-state index is -0.330. The first-order valence-electron chi connectivity index (χ1n) is 9.55. The molecule has 5 heteroatoms. The van der Waals surface area contributed by atoms with Crippen LogP contribution in [0.1, 0.15) is 49.8 Å². The summed E-state index contributed by atoms with van der Waals surface area (Å²) in [6.45, 7) is 4.19. The van der Waals surface area contributed by atoms with E-state index in [-0.39, 0.29) is 22.8 Å². The monoisotopic (exact) mass is 364 g/mol.